The van der Waals surface area contributed by atoms with Gasteiger partial charge in [0, 0.05) is 12.4 Å². The third-order valence-corrected chi connectivity index (χ3v) is 4.45. The zero-order chi connectivity index (χ0) is 13.9. The van der Waals surface area contributed by atoms with Gasteiger partial charge in [0.15, 0.2) is 0 Å². The SMILES string of the molecule is CCc1cnccc1C(O)c1ccc(C2CCC2)cc1. The lowest BCUT2D eigenvalue weighted by atomic mass is 9.80. The zero-order valence-corrected chi connectivity index (χ0v) is 11.9. The van der Waals surface area contributed by atoms with Gasteiger partial charge in [-0.1, -0.05) is 37.6 Å². The molecule has 1 fully saturated rings. The Morgan fingerprint density at radius 2 is 1.95 bits per heavy atom. The monoisotopic (exact) mass is 267 g/mol. The molecular weight excluding hydrogens is 246 g/mol. The molecule has 1 atom stereocenters. The van der Waals surface area contributed by atoms with E-state index in [0.717, 1.165) is 29.0 Å². The van der Waals surface area contributed by atoms with E-state index in [-0.39, 0.29) is 0 Å². The topological polar surface area (TPSA) is 33.1 Å². The quantitative estimate of drug-likeness (QED) is 0.908. The summed E-state index contributed by atoms with van der Waals surface area (Å²) in [6, 6.07) is 10.4. The summed E-state index contributed by atoms with van der Waals surface area (Å²) in [4.78, 5) is 4.14. The van der Waals surface area contributed by atoms with Crippen molar-refractivity contribution in [2.45, 2.75) is 44.6 Å². The number of aromatic nitrogens is 1. The summed E-state index contributed by atoms with van der Waals surface area (Å²) >= 11 is 0. The first-order valence-electron chi connectivity index (χ1n) is 7.50. The minimum Gasteiger partial charge on any atom is -0.384 e. The third kappa shape index (κ3) is 2.48. The van der Waals surface area contributed by atoms with Gasteiger partial charge in [0.2, 0.25) is 0 Å². The Labute approximate surface area is 120 Å². The molecule has 1 heterocycles. The lowest BCUT2D eigenvalue weighted by Gasteiger charge is -2.26. The van der Waals surface area contributed by atoms with Crippen LogP contribution in [0.15, 0.2) is 42.7 Å². The first kappa shape index (κ1) is 13.3. The maximum absolute atomic E-state index is 10.6. The van der Waals surface area contributed by atoms with Crippen molar-refractivity contribution in [1.82, 2.24) is 4.98 Å². The number of aliphatic hydroxyl groups excluding tert-OH is 1. The van der Waals surface area contributed by atoms with Gasteiger partial charge in [0.05, 0.1) is 0 Å². The molecule has 0 spiro atoms. The Hall–Kier alpha value is -1.67. The number of rotatable bonds is 4. The molecule has 0 saturated heterocycles. The summed E-state index contributed by atoms with van der Waals surface area (Å²) in [5, 5.41) is 10.6. The number of hydrogen-bond acceptors (Lipinski definition) is 2. The van der Waals surface area contributed by atoms with E-state index in [2.05, 4.69) is 36.2 Å². The van der Waals surface area contributed by atoms with Crippen LogP contribution in [-0.2, 0) is 6.42 Å². The van der Waals surface area contributed by atoms with Crippen LogP contribution in [0, 0.1) is 0 Å². The second kappa shape index (κ2) is 5.76. The standard InChI is InChI=1S/C18H21NO/c1-2-13-12-19-11-10-17(13)18(20)16-8-6-15(7-9-16)14-4-3-5-14/h6-12,14,18,20H,2-5H2,1H3. The highest BCUT2D eigenvalue weighted by Crippen LogP contribution is 2.37. The van der Waals surface area contributed by atoms with Crippen LogP contribution in [0.5, 0.6) is 0 Å². The maximum atomic E-state index is 10.6. The van der Waals surface area contributed by atoms with Crippen LogP contribution in [-0.4, -0.2) is 10.1 Å². The Kier molecular flexibility index (Phi) is 3.83. The Morgan fingerprint density at radius 1 is 1.20 bits per heavy atom. The fourth-order valence-corrected chi connectivity index (χ4v) is 2.87. The van der Waals surface area contributed by atoms with E-state index < -0.39 is 6.10 Å². The predicted molar refractivity (Wildman–Crippen MR) is 80.7 cm³/mol. The van der Waals surface area contributed by atoms with Crippen molar-refractivity contribution in [2.24, 2.45) is 0 Å². The molecule has 1 aromatic heterocycles. The summed E-state index contributed by atoms with van der Waals surface area (Å²) in [6.07, 6.45) is 7.91. The number of benzene rings is 1. The Bertz CT molecular complexity index is 572. The van der Waals surface area contributed by atoms with Gasteiger partial charge in [0.1, 0.15) is 6.10 Å². The van der Waals surface area contributed by atoms with Gasteiger partial charge in [-0.15, -0.1) is 0 Å². The normalized spacial score (nSPS) is 16.7. The molecule has 2 heteroatoms. The molecule has 1 unspecified atom stereocenters. The van der Waals surface area contributed by atoms with Crippen molar-refractivity contribution in [2.75, 3.05) is 0 Å². The molecular formula is C18H21NO. The first-order chi connectivity index (χ1) is 9.79. The molecule has 104 valence electrons. The molecule has 1 aliphatic carbocycles. The predicted octanol–water partition coefficient (Wildman–Crippen LogP) is 3.99. The van der Waals surface area contributed by atoms with E-state index in [1.165, 1.54) is 24.8 Å². The van der Waals surface area contributed by atoms with Crippen molar-refractivity contribution in [3.8, 4) is 0 Å². The van der Waals surface area contributed by atoms with Crippen LogP contribution in [0.3, 0.4) is 0 Å². The fraction of sp³-hybridized carbons (Fsp3) is 0.389. The van der Waals surface area contributed by atoms with Gasteiger partial charge in [-0.2, -0.15) is 0 Å². The summed E-state index contributed by atoms with van der Waals surface area (Å²) in [6.45, 7) is 2.09. The van der Waals surface area contributed by atoms with Crippen LogP contribution in [0.1, 0.15) is 60.5 Å². The maximum Gasteiger partial charge on any atom is 0.104 e. The van der Waals surface area contributed by atoms with Crippen LogP contribution in [0.4, 0.5) is 0 Å². The van der Waals surface area contributed by atoms with Crippen molar-refractivity contribution < 1.29 is 5.11 Å². The minimum absolute atomic E-state index is 0.552. The van der Waals surface area contributed by atoms with Crippen LogP contribution >= 0.6 is 0 Å². The van der Waals surface area contributed by atoms with Crippen LogP contribution in [0.25, 0.3) is 0 Å². The molecule has 1 N–H and O–H groups in total. The number of aryl methyl sites for hydroxylation is 1. The van der Waals surface area contributed by atoms with E-state index >= 15 is 0 Å². The second-order valence-electron chi connectivity index (χ2n) is 5.63. The number of aliphatic hydroxyl groups is 1. The molecule has 2 nitrogen and oxygen atoms in total. The molecule has 0 radical (unpaired) electrons. The van der Waals surface area contributed by atoms with E-state index in [9.17, 15) is 5.11 Å². The average Bonchev–Trinajstić information content (AvgIpc) is 2.45. The Morgan fingerprint density at radius 3 is 2.55 bits per heavy atom. The van der Waals surface area contributed by atoms with Gasteiger partial charge in [-0.3, -0.25) is 4.98 Å². The molecule has 3 rings (SSSR count). The molecule has 0 aliphatic heterocycles. The molecule has 20 heavy (non-hydrogen) atoms. The minimum atomic E-state index is -0.552. The Balaban J connectivity index is 1.84. The van der Waals surface area contributed by atoms with E-state index in [1.54, 1.807) is 6.20 Å². The number of nitrogens with zero attached hydrogens (tertiary/aromatic N) is 1. The highest BCUT2D eigenvalue weighted by Gasteiger charge is 2.20. The lowest BCUT2D eigenvalue weighted by Crippen LogP contribution is -2.09. The lowest BCUT2D eigenvalue weighted by molar-refractivity contribution is 0.219. The van der Waals surface area contributed by atoms with Gasteiger partial charge in [0.25, 0.3) is 0 Å². The average molecular weight is 267 g/mol. The molecule has 0 amide bonds. The summed E-state index contributed by atoms with van der Waals surface area (Å²) in [5.74, 6) is 0.744. The van der Waals surface area contributed by atoms with Crippen LogP contribution < -0.4 is 0 Å². The molecule has 2 aromatic rings. The van der Waals surface area contributed by atoms with E-state index in [1.807, 2.05) is 12.3 Å². The van der Waals surface area contributed by atoms with Gasteiger partial charge >= 0.3 is 0 Å². The second-order valence-corrected chi connectivity index (χ2v) is 5.63. The smallest absolute Gasteiger partial charge is 0.104 e. The summed E-state index contributed by atoms with van der Waals surface area (Å²) < 4.78 is 0. The highest BCUT2D eigenvalue weighted by atomic mass is 16.3. The van der Waals surface area contributed by atoms with Gasteiger partial charge < -0.3 is 5.11 Å². The van der Waals surface area contributed by atoms with Gasteiger partial charge in [-0.25, -0.2) is 0 Å². The molecule has 1 aromatic carbocycles. The highest BCUT2D eigenvalue weighted by molar-refractivity contribution is 5.36. The van der Waals surface area contributed by atoms with Crippen molar-refractivity contribution in [3.05, 3.63) is 65.0 Å². The summed E-state index contributed by atoms with van der Waals surface area (Å²) in [5.41, 5.74) is 4.47. The van der Waals surface area contributed by atoms with Crippen LogP contribution in [0.2, 0.25) is 0 Å². The zero-order valence-electron chi connectivity index (χ0n) is 11.9. The third-order valence-electron chi connectivity index (χ3n) is 4.45. The van der Waals surface area contributed by atoms with Crippen molar-refractivity contribution >= 4 is 0 Å². The molecule has 1 aliphatic rings. The molecule has 0 bridgehead atoms. The van der Waals surface area contributed by atoms with Crippen molar-refractivity contribution in [1.29, 1.82) is 0 Å². The van der Waals surface area contributed by atoms with Crippen molar-refractivity contribution in [3.63, 3.8) is 0 Å². The van der Waals surface area contributed by atoms with E-state index in [4.69, 9.17) is 0 Å². The summed E-state index contributed by atoms with van der Waals surface area (Å²) in [7, 11) is 0. The molecule has 1 saturated carbocycles. The van der Waals surface area contributed by atoms with E-state index in [0.29, 0.717) is 0 Å². The van der Waals surface area contributed by atoms with Gasteiger partial charge in [-0.05, 0) is 53.5 Å². The number of pyridine rings is 1. The fourth-order valence-electron chi connectivity index (χ4n) is 2.87. The largest absolute Gasteiger partial charge is 0.384 e. The first-order valence-corrected chi connectivity index (χ1v) is 7.50. The number of hydrogen-bond donors (Lipinski definition) is 1.